The lowest BCUT2D eigenvalue weighted by molar-refractivity contribution is 0.0520. The van der Waals surface area contributed by atoms with Gasteiger partial charge in [0.1, 0.15) is 11.4 Å². The average molecular weight is 321 g/mol. The van der Waals surface area contributed by atoms with Crippen LogP contribution in [0.1, 0.15) is 30.5 Å². The number of methoxy groups -OCH3 is 1. The summed E-state index contributed by atoms with van der Waals surface area (Å²) in [7, 11) is 3.46. The monoisotopic (exact) mass is 321 g/mol. The van der Waals surface area contributed by atoms with Crippen molar-refractivity contribution in [1.29, 1.82) is 0 Å². The Balaban J connectivity index is 2.06. The summed E-state index contributed by atoms with van der Waals surface area (Å²) in [6.45, 7) is 2.67. The van der Waals surface area contributed by atoms with Crippen molar-refractivity contribution in [2.45, 2.75) is 25.0 Å². The van der Waals surface area contributed by atoms with Gasteiger partial charge in [0.05, 0.1) is 6.20 Å². The van der Waals surface area contributed by atoms with Gasteiger partial charge in [-0.2, -0.15) is 5.10 Å². The van der Waals surface area contributed by atoms with Crippen LogP contribution in [0.3, 0.4) is 0 Å². The maximum atomic E-state index is 13.1. The van der Waals surface area contributed by atoms with Gasteiger partial charge in [0.15, 0.2) is 0 Å². The molecule has 2 atom stereocenters. The summed E-state index contributed by atoms with van der Waals surface area (Å²) in [4.78, 5) is 0. The van der Waals surface area contributed by atoms with Crippen molar-refractivity contribution in [3.63, 3.8) is 0 Å². The standard InChI is InChI=1S/C17H24FN3O2/c1-17(22,14-10-20-21(2)11-14)12-19-16(8-9-23-3)13-4-6-15(18)7-5-13/h4-7,10-11,16,19,22H,8-9,12H2,1-3H3. The minimum atomic E-state index is -1.04. The molecule has 6 heteroatoms. The molecule has 0 aliphatic carbocycles. The highest BCUT2D eigenvalue weighted by atomic mass is 19.1. The van der Waals surface area contributed by atoms with Crippen molar-refractivity contribution in [1.82, 2.24) is 15.1 Å². The minimum absolute atomic E-state index is 0.0290. The van der Waals surface area contributed by atoms with E-state index in [0.717, 1.165) is 17.5 Å². The third-order valence-electron chi connectivity index (χ3n) is 3.90. The van der Waals surface area contributed by atoms with Crippen LogP contribution in [-0.2, 0) is 17.4 Å². The summed E-state index contributed by atoms with van der Waals surface area (Å²) in [6, 6.07) is 6.35. The first-order valence-corrected chi connectivity index (χ1v) is 7.61. The van der Waals surface area contributed by atoms with Gasteiger partial charge in [-0.3, -0.25) is 4.68 Å². The molecular weight excluding hydrogens is 297 g/mol. The molecule has 5 nitrogen and oxygen atoms in total. The zero-order valence-corrected chi connectivity index (χ0v) is 13.8. The van der Waals surface area contributed by atoms with E-state index in [2.05, 4.69) is 10.4 Å². The molecule has 2 rings (SSSR count). The fourth-order valence-corrected chi connectivity index (χ4v) is 2.44. The maximum Gasteiger partial charge on any atom is 0.123 e. The molecule has 0 aliphatic rings. The van der Waals surface area contributed by atoms with Crippen molar-refractivity contribution in [3.8, 4) is 0 Å². The van der Waals surface area contributed by atoms with Crippen molar-refractivity contribution >= 4 is 0 Å². The number of aromatic nitrogens is 2. The zero-order valence-electron chi connectivity index (χ0n) is 13.8. The lowest BCUT2D eigenvalue weighted by atomic mass is 9.97. The van der Waals surface area contributed by atoms with Crippen LogP contribution in [0.2, 0.25) is 0 Å². The van der Waals surface area contributed by atoms with E-state index >= 15 is 0 Å². The van der Waals surface area contributed by atoms with E-state index in [1.165, 1.54) is 12.1 Å². The van der Waals surface area contributed by atoms with Gasteiger partial charge < -0.3 is 15.2 Å². The van der Waals surface area contributed by atoms with Crippen molar-refractivity contribution in [2.24, 2.45) is 7.05 Å². The summed E-state index contributed by atoms with van der Waals surface area (Å²) in [6.07, 6.45) is 4.18. The normalized spacial score (nSPS) is 15.3. The third-order valence-corrected chi connectivity index (χ3v) is 3.90. The molecule has 1 aromatic heterocycles. The number of ether oxygens (including phenoxy) is 1. The second-order valence-electron chi connectivity index (χ2n) is 5.94. The quantitative estimate of drug-likeness (QED) is 0.782. The van der Waals surface area contributed by atoms with Gasteiger partial charge in [-0.25, -0.2) is 4.39 Å². The Morgan fingerprint density at radius 3 is 2.65 bits per heavy atom. The van der Waals surface area contributed by atoms with Gasteiger partial charge in [0.25, 0.3) is 0 Å². The van der Waals surface area contributed by atoms with Gasteiger partial charge in [0.2, 0.25) is 0 Å². The first kappa shape index (κ1) is 17.6. The van der Waals surface area contributed by atoms with Crippen LogP contribution in [0.25, 0.3) is 0 Å². The molecule has 1 heterocycles. The molecule has 0 saturated carbocycles. The van der Waals surface area contributed by atoms with E-state index in [1.807, 2.05) is 7.05 Å². The largest absolute Gasteiger partial charge is 0.385 e. The summed E-state index contributed by atoms with van der Waals surface area (Å²) in [5.41, 5.74) is 0.669. The number of nitrogens with one attached hydrogen (secondary N) is 1. The highest BCUT2D eigenvalue weighted by Crippen LogP contribution is 2.22. The molecule has 126 valence electrons. The van der Waals surface area contributed by atoms with Gasteiger partial charge in [-0.05, 0) is 31.0 Å². The third kappa shape index (κ3) is 4.86. The number of hydrogen-bond donors (Lipinski definition) is 2. The molecule has 0 saturated heterocycles. The lowest BCUT2D eigenvalue weighted by Gasteiger charge is -2.27. The van der Waals surface area contributed by atoms with E-state index in [-0.39, 0.29) is 11.9 Å². The van der Waals surface area contributed by atoms with Crippen LogP contribution in [-0.4, -0.2) is 35.1 Å². The molecular formula is C17H24FN3O2. The SMILES string of the molecule is COCCC(NCC(C)(O)c1cnn(C)c1)c1ccc(F)cc1. The van der Waals surface area contributed by atoms with Crippen LogP contribution in [0.15, 0.2) is 36.7 Å². The van der Waals surface area contributed by atoms with Crippen molar-refractivity contribution < 1.29 is 14.2 Å². The van der Waals surface area contributed by atoms with E-state index in [1.54, 1.807) is 43.2 Å². The summed E-state index contributed by atoms with van der Waals surface area (Å²) >= 11 is 0. The number of rotatable bonds is 8. The fourth-order valence-electron chi connectivity index (χ4n) is 2.44. The predicted molar refractivity (Wildman–Crippen MR) is 86.4 cm³/mol. The van der Waals surface area contributed by atoms with Crippen LogP contribution in [0.4, 0.5) is 4.39 Å². The smallest absolute Gasteiger partial charge is 0.123 e. The Kier molecular flexibility index (Phi) is 5.87. The Labute approximate surface area is 136 Å². The van der Waals surface area contributed by atoms with Crippen molar-refractivity contribution in [3.05, 3.63) is 53.6 Å². The Bertz CT molecular complexity index is 611. The van der Waals surface area contributed by atoms with Crippen LogP contribution in [0.5, 0.6) is 0 Å². The van der Waals surface area contributed by atoms with E-state index in [9.17, 15) is 9.50 Å². The molecule has 0 spiro atoms. The summed E-state index contributed by atoms with van der Waals surface area (Å²) in [5.74, 6) is -0.262. The molecule has 1 aromatic carbocycles. The second kappa shape index (κ2) is 7.68. The Hall–Kier alpha value is -1.76. The van der Waals surface area contributed by atoms with Crippen molar-refractivity contribution in [2.75, 3.05) is 20.3 Å². The number of halogens is 1. The first-order chi connectivity index (χ1) is 10.9. The average Bonchev–Trinajstić information content (AvgIpc) is 2.96. The highest BCUT2D eigenvalue weighted by molar-refractivity contribution is 5.21. The van der Waals surface area contributed by atoms with Gasteiger partial charge in [-0.1, -0.05) is 12.1 Å². The van der Waals surface area contributed by atoms with Crippen LogP contribution >= 0.6 is 0 Å². The lowest BCUT2D eigenvalue weighted by Crippen LogP contribution is -2.37. The van der Waals surface area contributed by atoms with Gasteiger partial charge >= 0.3 is 0 Å². The van der Waals surface area contributed by atoms with Crippen LogP contribution < -0.4 is 5.32 Å². The highest BCUT2D eigenvalue weighted by Gasteiger charge is 2.26. The number of benzene rings is 1. The number of nitrogens with zero attached hydrogens (tertiary/aromatic N) is 2. The maximum absolute atomic E-state index is 13.1. The Morgan fingerprint density at radius 2 is 2.09 bits per heavy atom. The molecule has 2 unspecified atom stereocenters. The molecule has 0 fully saturated rings. The van der Waals surface area contributed by atoms with E-state index in [0.29, 0.717) is 13.2 Å². The topological polar surface area (TPSA) is 59.3 Å². The summed E-state index contributed by atoms with van der Waals surface area (Å²) in [5, 5.41) is 18.1. The first-order valence-electron chi connectivity index (χ1n) is 7.61. The molecule has 2 aromatic rings. The Morgan fingerprint density at radius 1 is 1.39 bits per heavy atom. The molecule has 0 amide bonds. The molecule has 0 bridgehead atoms. The predicted octanol–water partition coefficient (Wildman–Crippen LogP) is 2.13. The number of aryl methyl sites for hydroxylation is 1. The molecule has 2 N–H and O–H groups in total. The summed E-state index contributed by atoms with van der Waals surface area (Å²) < 4.78 is 19.9. The number of aliphatic hydroxyl groups is 1. The van der Waals surface area contributed by atoms with Gasteiger partial charge in [-0.15, -0.1) is 0 Å². The molecule has 0 aliphatic heterocycles. The van der Waals surface area contributed by atoms with Gasteiger partial charge in [0, 0.05) is 45.1 Å². The number of hydrogen-bond acceptors (Lipinski definition) is 4. The minimum Gasteiger partial charge on any atom is -0.385 e. The van der Waals surface area contributed by atoms with E-state index < -0.39 is 5.60 Å². The fraction of sp³-hybridized carbons (Fsp3) is 0.471. The zero-order chi connectivity index (χ0) is 16.9. The molecule has 0 radical (unpaired) electrons. The second-order valence-corrected chi connectivity index (χ2v) is 5.94. The van der Waals surface area contributed by atoms with E-state index in [4.69, 9.17) is 4.74 Å². The molecule has 23 heavy (non-hydrogen) atoms. The van der Waals surface area contributed by atoms with Crippen LogP contribution in [0, 0.1) is 5.82 Å².